The number of carbonyl (C=O) groups excluding carboxylic acids is 3. The highest BCUT2D eigenvalue weighted by Crippen LogP contribution is 2.23. The van der Waals surface area contributed by atoms with Gasteiger partial charge in [0.1, 0.15) is 0 Å². The van der Waals surface area contributed by atoms with Gasteiger partial charge in [-0.25, -0.2) is 0 Å². The van der Waals surface area contributed by atoms with Crippen LogP contribution in [0.15, 0.2) is 84.9 Å². The van der Waals surface area contributed by atoms with Crippen LogP contribution in [0.3, 0.4) is 0 Å². The first kappa shape index (κ1) is 24.9. The summed E-state index contributed by atoms with van der Waals surface area (Å²) in [6, 6.07) is 26.3. The van der Waals surface area contributed by atoms with Crippen molar-refractivity contribution >= 4 is 17.7 Å². The number of hydrogen-bond donors (Lipinski definition) is 1. The van der Waals surface area contributed by atoms with Crippen LogP contribution in [0.25, 0.3) is 0 Å². The van der Waals surface area contributed by atoms with Gasteiger partial charge in [-0.1, -0.05) is 106 Å². The van der Waals surface area contributed by atoms with Crippen LogP contribution >= 0.6 is 0 Å². The minimum Gasteiger partial charge on any atom is -0.456 e. The highest BCUT2D eigenvalue weighted by molar-refractivity contribution is 5.97. The molecular weight excluding hydrogens is 426 g/mol. The van der Waals surface area contributed by atoms with Gasteiger partial charge in [0.15, 0.2) is 12.4 Å². The molecule has 0 aliphatic carbocycles. The Morgan fingerprint density at radius 3 is 1.79 bits per heavy atom. The molecule has 5 heteroatoms. The van der Waals surface area contributed by atoms with Crippen molar-refractivity contribution in [2.75, 3.05) is 6.61 Å². The first-order valence-electron chi connectivity index (χ1n) is 11.4. The molecule has 0 heterocycles. The van der Waals surface area contributed by atoms with Gasteiger partial charge < -0.3 is 10.1 Å². The summed E-state index contributed by atoms with van der Waals surface area (Å²) in [5.74, 6) is -1.11. The highest BCUT2D eigenvalue weighted by atomic mass is 16.5. The van der Waals surface area contributed by atoms with Gasteiger partial charge in [-0.2, -0.15) is 0 Å². The summed E-state index contributed by atoms with van der Waals surface area (Å²) >= 11 is 0. The van der Waals surface area contributed by atoms with E-state index in [-0.39, 0.29) is 30.1 Å². The van der Waals surface area contributed by atoms with Gasteiger partial charge in [0.2, 0.25) is 0 Å². The lowest BCUT2D eigenvalue weighted by Crippen LogP contribution is -2.33. The third-order valence-electron chi connectivity index (χ3n) is 5.56. The SMILES string of the molecule is CC(C)(C)c1ccc(C(=O)CCC(=O)OCC(=O)NC(c2ccccc2)c2ccccc2)cc1. The van der Waals surface area contributed by atoms with Crippen LogP contribution in [0.5, 0.6) is 0 Å². The molecule has 0 fully saturated rings. The molecule has 3 aromatic rings. The first-order chi connectivity index (χ1) is 16.2. The van der Waals surface area contributed by atoms with Gasteiger partial charge in [-0.3, -0.25) is 14.4 Å². The Labute approximate surface area is 201 Å². The van der Waals surface area contributed by atoms with Crippen molar-refractivity contribution in [3.63, 3.8) is 0 Å². The topological polar surface area (TPSA) is 72.5 Å². The number of nitrogens with one attached hydrogen (secondary N) is 1. The molecule has 0 saturated carbocycles. The largest absolute Gasteiger partial charge is 0.456 e. The van der Waals surface area contributed by atoms with E-state index >= 15 is 0 Å². The summed E-state index contributed by atoms with van der Waals surface area (Å²) < 4.78 is 5.12. The van der Waals surface area contributed by atoms with Gasteiger partial charge in [-0.15, -0.1) is 0 Å². The van der Waals surface area contributed by atoms with Crippen molar-refractivity contribution < 1.29 is 19.1 Å². The van der Waals surface area contributed by atoms with E-state index in [1.165, 1.54) is 0 Å². The quantitative estimate of drug-likeness (QED) is 0.345. The molecule has 1 N–H and O–H groups in total. The Morgan fingerprint density at radius 2 is 1.29 bits per heavy atom. The van der Waals surface area contributed by atoms with E-state index in [1.54, 1.807) is 12.1 Å². The fourth-order valence-electron chi connectivity index (χ4n) is 3.59. The summed E-state index contributed by atoms with van der Waals surface area (Å²) in [6.45, 7) is 5.93. The average Bonchev–Trinajstić information content (AvgIpc) is 2.85. The minimum absolute atomic E-state index is 0.00594. The number of benzene rings is 3. The fourth-order valence-corrected chi connectivity index (χ4v) is 3.59. The normalized spacial score (nSPS) is 11.2. The van der Waals surface area contributed by atoms with Crippen molar-refractivity contribution in [3.8, 4) is 0 Å². The van der Waals surface area contributed by atoms with Gasteiger partial charge in [0.25, 0.3) is 5.91 Å². The maximum atomic E-state index is 12.5. The summed E-state index contributed by atoms with van der Waals surface area (Å²) in [5, 5.41) is 2.93. The molecule has 5 nitrogen and oxygen atoms in total. The number of carbonyl (C=O) groups is 3. The number of ether oxygens (including phenoxy) is 1. The zero-order chi connectivity index (χ0) is 24.6. The number of Topliss-reactive ketones (excluding diaryl/α,β-unsaturated/α-hetero) is 1. The summed E-state index contributed by atoms with van der Waals surface area (Å²) in [7, 11) is 0. The Hall–Kier alpha value is -3.73. The third-order valence-corrected chi connectivity index (χ3v) is 5.56. The Bertz CT molecular complexity index is 1060. The zero-order valence-electron chi connectivity index (χ0n) is 19.9. The standard InChI is InChI=1S/C29H31NO4/c1-29(2,3)24-16-14-21(15-17-24)25(31)18-19-27(33)34-20-26(32)30-28(22-10-6-4-7-11-22)23-12-8-5-9-13-23/h4-17,28H,18-20H2,1-3H3,(H,30,32). The molecule has 0 saturated heterocycles. The lowest BCUT2D eigenvalue weighted by atomic mass is 9.86. The number of hydrogen-bond acceptors (Lipinski definition) is 4. The van der Waals surface area contributed by atoms with Crippen LogP contribution in [-0.2, 0) is 19.7 Å². The lowest BCUT2D eigenvalue weighted by Gasteiger charge is -2.20. The van der Waals surface area contributed by atoms with Gasteiger partial charge in [0, 0.05) is 12.0 Å². The van der Waals surface area contributed by atoms with Crippen molar-refractivity contribution in [3.05, 3.63) is 107 Å². The van der Waals surface area contributed by atoms with E-state index in [0.29, 0.717) is 5.56 Å². The van der Waals surface area contributed by atoms with E-state index in [0.717, 1.165) is 16.7 Å². The Balaban J connectivity index is 1.50. The molecule has 0 aliphatic rings. The molecule has 0 radical (unpaired) electrons. The molecule has 0 atom stereocenters. The second-order valence-corrected chi connectivity index (χ2v) is 9.23. The molecular formula is C29H31NO4. The number of esters is 1. The molecule has 3 rings (SSSR count). The van der Waals surface area contributed by atoms with Gasteiger partial charge in [0.05, 0.1) is 12.5 Å². The predicted molar refractivity (Wildman–Crippen MR) is 133 cm³/mol. The smallest absolute Gasteiger partial charge is 0.306 e. The van der Waals surface area contributed by atoms with E-state index in [1.807, 2.05) is 72.8 Å². The van der Waals surface area contributed by atoms with Crippen LogP contribution in [0.1, 0.15) is 66.7 Å². The number of amides is 1. The maximum Gasteiger partial charge on any atom is 0.306 e. The second-order valence-electron chi connectivity index (χ2n) is 9.23. The van der Waals surface area contributed by atoms with E-state index in [2.05, 4.69) is 26.1 Å². The van der Waals surface area contributed by atoms with E-state index < -0.39 is 18.5 Å². The summed E-state index contributed by atoms with van der Waals surface area (Å²) in [6.07, 6.45) is -0.0418. The van der Waals surface area contributed by atoms with Crippen LogP contribution in [-0.4, -0.2) is 24.3 Å². The van der Waals surface area contributed by atoms with Crippen LogP contribution in [0.4, 0.5) is 0 Å². The van der Waals surface area contributed by atoms with Crippen molar-refractivity contribution in [1.29, 1.82) is 0 Å². The molecule has 0 bridgehead atoms. The highest BCUT2D eigenvalue weighted by Gasteiger charge is 2.18. The van der Waals surface area contributed by atoms with Gasteiger partial charge >= 0.3 is 5.97 Å². The van der Waals surface area contributed by atoms with Gasteiger partial charge in [-0.05, 0) is 22.1 Å². The molecule has 3 aromatic carbocycles. The van der Waals surface area contributed by atoms with Crippen LogP contribution in [0.2, 0.25) is 0 Å². The Kier molecular flexibility index (Phi) is 8.36. The average molecular weight is 458 g/mol. The summed E-state index contributed by atoms with van der Waals surface area (Å²) in [4.78, 5) is 37.1. The van der Waals surface area contributed by atoms with Crippen molar-refractivity contribution in [1.82, 2.24) is 5.32 Å². The Morgan fingerprint density at radius 1 is 0.765 bits per heavy atom. The molecule has 1 amide bonds. The minimum atomic E-state index is -0.578. The van der Waals surface area contributed by atoms with Crippen LogP contribution in [0, 0.1) is 0 Å². The second kappa shape index (κ2) is 11.4. The summed E-state index contributed by atoms with van der Waals surface area (Å²) in [5.41, 5.74) is 3.56. The lowest BCUT2D eigenvalue weighted by molar-refractivity contribution is -0.148. The van der Waals surface area contributed by atoms with Crippen LogP contribution < -0.4 is 5.32 Å². The van der Waals surface area contributed by atoms with Crippen molar-refractivity contribution in [2.45, 2.75) is 45.1 Å². The molecule has 176 valence electrons. The van der Waals surface area contributed by atoms with E-state index in [4.69, 9.17) is 4.74 Å². The zero-order valence-corrected chi connectivity index (χ0v) is 19.9. The molecule has 0 aromatic heterocycles. The molecule has 0 spiro atoms. The molecule has 34 heavy (non-hydrogen) atoms. The first-order valence-corrected chi connectivity index (χ1v) is 11.4. The predicted octanol–water partition coefficient (Wildman–Crippen LogP) is 5.40. The number of ketones is 1. The van der Waals surface area contributed by atoms with E-state index in [9.17, 15) is 14.4 Å². The maximum absolute atomic E-state index is 12.5. The fraction of sp³-hybridized carbons (Fsp3) is 0.276. The van der Waals surface area contributed by atoms with Crippen molar-refractivity contribution in [2.24, 2.45) is 0 Å². The number of rotatable bonds is 9. The molecule has 0 aliphatic heterocycles. The molecule has 0 unspecified atom stereocenters. The monoisotopic (exact) mass is 457 g/mol. The third kappa shape index (κ3) is 7.14.